The number of halogens is 2. The number of aliphatic carboxylic acids is 1. The van der Waals surface area contributed by atoms with Gasteiger partial charge in [0.25, 0.3) is 0 Å². The molecule has 0 amide bonds. The number of carboxylic acids is 1. The smallest absolute Gasteiger partial charge is 0.303 e. The molecule has 1 N–H and O–H groups in total. The van der Waals surface area contributed by atoms with E-state index in [2.05, 4.69) is 0 Å². The van der Waals surface area contributed by atoms with E-state index in [1.54, 1.807) is 12.1 Å². The van der Waals surface area contributed by atoms with E-state index in [0.29, 0.717) is 12.0 Å². The fourth-order valence-electron chi connectivity index (χ4n) is 1.67. The Balaban J connectivity index is 2.87. The normalized spacial score (nSPS) is 11.5. The van der Waals surface area contributed by atoms with E-state index in [9.17, 15) is 9.18 Å². The summed E-state index contributed by atoms with van der Waals surface area (Å²) < 4.78 is 13.2. The van der Waals surface area contributed by atoms with Gasteiger partial charge in [0.2, 0.25) is 0 Å². The maximum absolute atomic E-state index is 13.2. The molecule has 0 radical (unpaired) electrons. The Bertz CT molecular complexity index is 402. The third-order valence-corrected chi connectivity index (χ3v) is 2.75. The molecule has 0 atom stereocenters. The SMILES string of the molecule is CC(C)(CC(=O)O)Cc1cccc(F)c1Cl. The van der Waals surface area contributed by atoms with Gasteiger partial charge in [0.1, 0.15) is 5.82 Å². The molecule has 0 unspecified atom stereocenters. The largest absolute Gasteiger partial charge is 0.481 e. The van der Waals surface area contributed by atoms with Crippen molar-refractivity contribution in [3.63, 3.8) is 0 Å². The summed E-state index contributed by atoms with van der Waals surface area (Å²) in [7, 11) is 0. The summed E-state index contributed by atoms with van der Waals surface area (Å²) in [5.74, 6) is -1.33. The molecule has 0 heterocycles. The Morgan fingerprint density at radius 2 is 2.12 bits per heavy atom. The van der Waals surface area contributed by atoms with E-state index in [1.807, 2.05) is 13.8 Å². The third kappa shape index (κ3) is 3.49. The summed E-state index contributed by atoms with van der Waals surface area (Å²) in [6.07, 6.45) is 0.468. The molecule has 0 aromatic heterocycles. The predicted octanol–water partition coefficient (Wildman–Crippen LogP) is 3.52. The molecule has 1 aromatic carbocycles. The van der Waals surface area contributed by atoms with Crippen LogP contribution in [-0.2, 0) is 11.2 Å². The standard InChI is InChI=1S/C12H14ClFO2/c1-12(2,7-10(15)16)6-8-4-3-5-9(14)11(8)13/h3-5H,6-7H2,1-2H3,(H,15,16). The summed E-state index contributed by atoms with van der Waals surface area (Å²) in [5.41, 5.74) is 0.205. The molecule has 1 rings (SSSR count). The Labute approximate surface area is 99.0 Å². The zero-order chi connectivity index (χ0) is 12.3. The Kier molecular flexibility index (Phi) is 3.92. The molecular formula is C12H14ClFO2. The lowest BCUT2D eigenvalue weighted by Gasteiger charge is -2.23. The van der Waals surface area contributed by atoms with Crippen molar-refractivity contribution in [1.82, 2.24) is 0 Å². The van der Waals surface area contributed by atoms with Crippen LogP contribution < -0.4 is 0 Å². The fourth-order valence-corrected chi connectivity index (χ4v) is 1.87. The van der Waals surface area contributed by atoms with Gasteiger partial charge in [-0.05, 0) is 23.5 Å². The summed E-state index contributed by atoms with van der Waals surface area (Å²) in [6.45, 7) is 3.64. The van der Waals surface area contributed by atoms with Crippen molar-refractivity contribution in [2.45, 2.75) is 26.7 Å². The number of rotatable bonds is 4. The Morgan fingerprint density at radius 1 is 1.50 bits per heavy atom. The van der Waals surface area contributed by atoms with E-state index < -0.39 is 17.2 Å². The molecule has 0 saturated heterocycles. The molecule has 1 aromatic rings. The second-order valence-electron chi connectivity index (χ2n) is 4.62. The molecule has 0 spiro atoms. The van der Waals surface area contributed by atoms with Crippen LogP contribution in [0.3, 0.4) is 0 Å². The van der Waals surface area contributed by atoms with Crippen molar-refractivity contribution in [3.8, 4) is 0 Å². The van der Waals surface area contributed by atoms with Crippen LogP contribution in [0, 0.1) is 11.2 Å². The molecule has 0 aliphatic rings. The van der Waals surface area contributed by atoms with Crippen molar-refractivity contribution in [2.75, 3.05) is 0 Å². The second kappa shape index (κ2) is 4.83. The van der Waals surface area contributed by atoms with Crippen LogP contribution in [0.15, 0.2) is 18.2 Å². The monoisotopic (exact) mass is 244 g/mol. The van der Waals surface area contributed by atoms with E-state index in [1.165, 1.54) is 6.07 Å². The van der Waals surface area contributed by atoms with Crippen LogP contribution in [0.2, 0.25) is 5.02 Å². The molecule has 2 nitrogen and oxygen atoms in total. The number of carboxylic acid groups (broad SMARTS) is 1. The van der Waals surface area contributed by atoms with Gasteiger partial charge in [0, 0.05) is 0 Å². The highest BCUT2D eigenvalue weighted by atomic mass is 35.5. The van der Waals surface area contributed by atoms with Crippen LogP contribution >= 0.6 is 11.6 Å². The average molecular weight is 245 g/mol. The van der Waals surface area contributed by atoms with Gasteiger partial charge >= 0.3 is 5.97 Å². The first-order chi connectivity index (χ1) is 7.32. The number of carbonyl (C=O) groups is 1. The summed E-state index contributed by atoms with van der Waals surface area (Å²) >= 11 is 5.81. The van der Waals surface area contributed by atoms with E-state index in [4.69, 9.17) is 16.7 Å². The zero-order valence-corrected chi connectivity index (χ0v) is 10.0. The number of hydrogen-bond donors (Lipinski definition) is 1. The van der Waals surface area contributed by atoms with Crippen LogP contribution in [0.5, 0.6) is 0 Å². The topological polar surface area (TPSA) is 37.3 Å². The van der Waals surface area contributed by atoms with Gasteiger partial charge in [-0.2, -0.15) is 0 Å². The van der Waals surface area contributed by atoms with Crippen molar-refractivity contribution >= 4 is 17.6 Å². The highest BCUT2D eigenvalue weighted by Crippen LogP contribution is 2.30. The molecule has 0 saturated carbocycles. The Hall–Kier alpha value is -1.09. The van der Waals surface area contributed by atoms with Crippen molar-refractivity contribution in [2.24, 2.45) is 5.41 Å². The summed E-state index contributed by atoms with van der Waals surface area (Å²) in [5, 5.41) is 8.83. The van der Waals surface area contributed by atoms with Gasteiger partial charge in [-0.1, -0.05) is 37.6 Å². The lowest BCUT2D eigenvalue weighted by Crippen LogP contribution is -2.20. The number of benzene rings is 1. The molecule has 0 fully saturated rings. The molecule has 4 heteroatoms. The molecule has 0 aliphatic heterocycles. The van der Waals surface area contributed by atoms with E-state index >= 15 is 0 Å². The minimum atomic E-state index is -0.863. The minimum Gasteiger partial charge on any atom is -0.481 e. The van der Waals surface area contributed by atoms with Crippen LogP contribution in [0.4, 0.5) is 4.39 Å². The molecular weight excluding hydrogens is 231 g/mol. The summed E-state index contributed by atoms with van der Waals surface area (Å²) in [4.78, 5) is 10.6. The maximum Gasteiger partial charge on any atom is 0.303 e. The first kappa shape index (κ1) is 13.0. The minimum absolute atomic E-state index is 0.0276. The van der Waals surface area contributed by atoms with Crippen molar-refractivity contribution in [3.05, 3.63) is 34.6 Å². The molecule has 0 aliphatic carbocycles. The van der Waals surface area contributed by atoms with Gasteiger partial charge in [0.15, 0.2) is 0 Å². The van der Waals surface area contributed by atoms with E-state index in [-0.39, 0.29) is 11.4 Å². The fraction of sp³-hybridized carbons (Fsp3) is 0.417. The van der Waals surface area contributed by atoms with Gasteiger partial charge in [-0.25, -0.2) is 4.39 Å². The van der Waals surface area contributed by atoms with Crippen LogP contribution in [0.25, 0.3) is 0 Å². The lowest BCUT2D eigenvalue weighted by atomic mass is 9.83. The quantitative estimate of drug-likeness (QED) is 0.880. The average Bonchev–Trinajstić information content (AvgIpc) is 2.10. The van der Waals surface area contributed by atoms with Crippen LogP contribution in [0.1, 0.15) is 25.8 Å². The highest BCUT2D eigenvalue weighted by Gasteiger charge is 2.23. The van der Waals surface area contributed by atoms with Gasteiger partial charge < -0.3 is 5.11 Å². The second-order valence-corrected chi connectivity index (χ2v) is 5.00. The van der Waals surface area contributed by atoms with Crippen molar-refractivity contribution < 1.29 is 14.3 Å². The number of hydrogen-bond acceptors (Lipinski definition) is 1. The maximum atomic E-state index is 13.2. The summed E-state index contributed by atoms with van der Waals surface area (Å²) in [6, 6.07) is 4.58. The van der Waals surface area contributed by atoms with Gasteiger partial charge in [0.05, 0.1) is 11.4 Å². The molecule has 0 bridgehead atoms. The predicted molar refractivity (Wildman–Crippen MR) is 61.1 cm³/mol. The van der Waals surface area contributed by atoms with Gasteiger partial charge in [-0.15, -0.1) is 0 Å². The third-order valence-electron chi connectivity index (χ3n) is 2.33. The van der Waals surface area contributed by atoms with Crippen molar-refractivity contribution in [1.29, 1.82) is 0 Å². The Morgan fingerprint density at radius 3 is 2.69 bits per heavy atom. The molecule has 88 valence electrons. The van der Waals surface area contributed by atoms with E-state index in [0.717, 1.165) is 0 Å². The van der Waals surface area contributed by atoms with Gasteiger partial charge in [-0.3, -0.25) is 4.79 Å². The van der Waals surface area contributed by atoms with Crippen LogP contribution in [-0.4, -0.2) is 11.1 Å². The first-order valence-corrected chi connectivity index (χ1v) is 5.34. The highest BCUT2D eigenvalue weighted by molar-refractivity contribution is 6.31. The zero-order valence-electron chi connectivity index (χ0n) is 9.26. The molecule has 16 heavy (non-hydrogen) atoms. The lowest BCUT2D eigenvalue weighted by molar-refractivity contribution is -0.139. The first-order valence-electron chi connectivity index (χ1n) is 4.96.